The number of nitrogens with one attached hydrogen (secondary N) is 1. The number of phenols is 1. The predicted octanol–water partition coefficient (Wildman–Crippen LogP) is 0.0466. The molecular weight excluding hydrogens is 588 g/mol. The number of ketones is 4. The number of phenolic OH excluding ortho intramolecular Hbond substituents is 1. The van der Waals surface area contributed by atoms with Gasteiger partial charge >= 0.3 is 0 Å². The van der Waals surface area contributed by atoms with Crippen molar-refractivity contribution in [2.75, 3.05) is 43.7 Å². The Morgan fingerprint density at radius 3 is 2.35 bits per heavy atom. The fourth-order valence-corrected chi connectivity index (χ4v) is 6.87. The van der Waals surface area contributed by atoms with E-state index >= 15 is 0 Å². The molecule has 0 aliphatic heterocycles. The molecule has 0 radical (unpaired) electrons. The number of halogens is 1. The van der Waals surface area contributed by atoms with Crippen LogP contribution in [0.3, 0.4) is 0 Å². The maximum absolute atomic E-state index is 14.0. The summed E-state index contributed by atoms with van der Waals surface area (Å²) in [7, 11) is 6.53. The van der Waals surface area contributed by atoms with Crippen LogP contribution in [0.5, 0.6) is 5.75 Å². The van der Waals surface area contributed by atoms with Gasteiger partial charge in [0.1, 0.15) is 5.75 Å². The summed E-state index contributed by atoms with van der Waals surface area (Å²) >= 11 is 3.26. The molecule has 4 rings (SSSR count). The summed E-state index contributed by atoms with van der Waals surface area (Å²) in [6.45, 7) is 0. The van der Waals surface area contributed by atoms with Gasteiger partial charge in [0.15, 0.2) is 34.7 Å². The van der Waals surface area contributed by atoms with Crippen LogP contribution in [0, 0.1) is 23.7 Å². The van der Waals surface area contributed by atoms with Crippen molar-refractivity contribution < 1.29 is 39.0 Å². The Kier molecular flexibility index (Phi) is 7.96. The summed E-state index contributed by atoms with van der Waals surface area (Å²) in [5.74, 6) is -11.6. The molecule has 0 saturated heterocycles. The largest absolute Gasteiger partial charge is 0.505 e. The average molecular weight is 621 g/mol. The number of benzene rings is 1. The van der Waals surface area contributed by atoms with Crippen molar-refractivity contribution in [2.24, 2.45) is 29.4 Å². The molecule has 40 heavy (non-hydrogen) atoms. The first-order valence-electron chi connectivity index (χ1n) is 12.9. The molecule has 4 unspecified atom stereocenters. The monoisotopic (exact) mass is 620 g/mol. The summed E-state index contributed by atoms with van der Waals surface area (Å²) in [5, 5.41) is 26.1. The van der Waals surface area contributed by atoms with Crippen molar-refractivity contribution >= 4 is 62.3 Å². The molecule has 0 spiro atoms. The lowest BCUT2D eigenvalue weighted by Crippen LogP contribution is -2.74. The number of aromatic hydroxyl groups is 1. The third-order valence-electron chi connectivity index (χ3n) is 8.33. The topological polar surface area (TPSA) is 187 Å². The van der Waals surface area contributed by atoms with Crippen molar-refractivity contribution in [3.05, 3.63) is 17.2 Å². The van der Waals surface area contributed by atoms with Gasteiger partial charge in [0.2, 0.25) is 11.8 Å². The lowest BCUT2D eigenvalue weighted by atomic mass is 9.52. The highest BCUT2D eigenvalue weighted by Gasteiger charge is 2.69. The van der Waals surface area contributed by atoms with Gasteiger partial charge in [0.05, 0.1) is 23.2 Å². The highest BCUT2D eigenvalue weighted by molar-refractivity contribution is 9.09. The van der Waals surface area contributed by atoms with E-state index in [0.29, 0.717) is 23.0 Å². The molecular formula is C27H33BrN4O8. The lowest BCUT2D eigenvalue weighted by Gasteiger charge is -2.52. The molecule has 0 bridgehead atoms. The summed E-state index contributed by atoms with van der Waals surface area (Å²) in [5.41, 5.74) is 3.37. The number of aliphatic hydroxyl groups is 1. The summed E-state index contributed by atoms with van der Waals surface area (Å²) < 4.78 is 0. The first-order valence-corrected chi connectivity index (χ1v) is 14.1. The molecule has 1 aromatic carbocycles. The van der Waals surface area contributed by atoms with Crippen LogP contribution in [0.4, 0.5) is 11.4 Å². The van der Waals surface area contributed by atoms with E-state index in [-0.39, 0.29) is 36.4 Å². The Hall–Kier alpha value is -3.16. The normalized spacial score (nSPS) is 29.5. The fourth-order valence-electron chi connectivity index (χ4n) is 6.59. The van der Waals surface area contributed by atoms with Gasteiger partial charge in [-0.2, -0.15) is 0 Å². The Labute approximate surface area is 239 Å². The van der Waals surface area contributed by atoms with Crippen molar-refractivity contribution in [2.45, 2.75) is 37.3 Å². The Morgan fingerprint density at radius 2 is 1.80 bits per heavy atom. The SMILES string of the molecule is CN(C)c1cc(NC(=O)CCCBr)c(O)c2c1CC1CC3[C@H](N(C)C)C(=O)C(C(N)=O)C(=O)[C@@]3(O)C(=O)C1C2=O. The number of likely N-dealkylation sites (N-methyl/N-ethyl adjacent to an activating group) is 1. The van der Waals surface area contributed by atoms with Crippen LogP contribution in [-0.4, -0.2) is 95.2 Å². The van der Waals surface area contributed by atoms with Crippen molar-refractivity contribution in [1.82, 2.24) is 4.90 Å². The molecule has 12 nitrogen and oxygen atoms in total. The van der Waals surface area contributed by atoms with E-state index in [4.69, 9.17) is 5.73 Å². The number of nitrogens with zero attached hydrogens (tertiary/aromatic N) is 2. The van der Waals surface area contributed by atoms with Crippen LogP contribution in [0.25, 0.3) is 0 Å². The van der Waals surface area contributed by atoms with Gasteiger partial charge in [-0.15, -0.1) is 0 Å². The standard InChI is InChI=1S/C27H33BrN4O8/c1-31(2)15-10-14(30-16(33)6-5-7-28)21(34)18-12(15)8-11-9-13-20(32(3)4)23(36)19(26(29)39)25(38)27(13,40)24(37)17(11)22(18)35/h10-11,13,17,19-20,34,40H,5-9H2,1-4H3,(H2,29,39)(H,30,33)/t11?,13?,17?,19?,20-,27-/m0/s1. The van der Waals surface area contributed by atoms with Gasteiger partial charge in [0, 0.05) is 37.5 Å². The molecule has 0 aromatic heterocycles. The summed E-state index contributed by atoms with van der Waals surface area (Å²) in [6, 6.07) is 0.392. The van der Waals surface area contributed by atoms with E-state index in [2.05, 4.69) is 21.2 Å². The third kappa shape index (κ3) is 4.44. The number of primary amides is 1. The Balaban J connectivity index is 1.85. The van der Waals surface area contributed by atoms with Crippen LogP contribution in [0.1, 0.15) is 35.2 Å². The minimum absolute atomic E-state index is 0.00512. The Bertz CT molecular complexity index is 1330. The van der Waals surface area contributed by atoms with Gasteiger partial charge in [-0.25, -0.2) is 0 Å². The zero-order chi connectivity index (χ0) is 29.8. The molecule has 5 N–H and O–H groups in total. The number of anilines is 2. The first-order chi connectivity index (χ1) is 18.7. The number of alkyl halides is 1. The van der Waals surface area contributed by atoms with E-state index in [9.17, 15) is 39.0 Å². The van der Waals surface area contributed by atoms with Crippen molar-refractivity contribution in [3.8, 4) is 5.75 Å². The van der Waals surface area contributed by atoms with Crippen LogP contribution >= 0.6 is 15.9 Å². The van der Waals surface area contributed by atoms with Gasteiger partial charge in [-0.1, -0.05) is 15.9 Å². The molecule has 3 aliphatic carbocycles. The Morgan fingerprint density at radius 1 is 1.15 bits per heavy atom. The second-order valence-corrected chi connectivity index (χ2v) is 12.0. The number of hydrogen-bond acceptors (Lipinski definition) is 10. The minimum atomic E-state index is -2.79. The number of amides is 2. The second-order valence-electron chi connectivity index (χ2n) is 11.2. The molecule has 2 amide bonds. The summed E-state index contributed by atoms with van der Waals surface area (Å²) in [6.07, 6.45) is 0.804. The van der Waals surface area contributed by atoms with E-state index in [1.807, 2.05) is 0 Å². The van der Waals surface area contributed by atoms with Crippen molar-refractivity contribution in [1.29, 1.82) is 0 Å². The molecule has 0 heterocycles. The predicted molar refractivity (Wildman–Crippen MR) is 147 cm³/mol. The van der Waals surface area contributed by atoms with Gasteiger partial charge in [-0.3, -0.25) is 33.7 Å². The molecule has 2 saturated carbocycles. The van der Waals surface area contributed by atoms with Crippen LogP contribution < -0.4 is 16.0 Å². The number of Topliss-reactive ketones (excluding diaryl/α,β-unsaturated/α-hetero) is 4. The number of hydrogen-bond donors (Lipinski definition) is 4. The third-order valence-corrected chi connectivity index (χ3v) is 8.89. The number of rotatable bonds is 7. The maximum Gasteiger partial charge on any atom is 0.235 e. The van der Waals surface area contributed by atoms with Crippen LogP contribution in [0.2, 0.25) is 0 Å². The number of fused-ring (bicyclic) bond motifs is 3. The molecule has 3 aliphatic rings. The van der Waals surface area contributed by atoms with Gasteiger partial charge in [0.25, 0.3) is 0 Å². The highest BCUT2D eigenvalue weighted by Crippen LogP contribution is 2.52. The molecule has 13 heteroatoms. The molecule has 1 aromatic rings. The second kappa shape index (κ2) is 10.7. The molecule has 2 fully saturated rings. The first kappa shape index (κ1) is 29.8. The van der Waals surface area contributed by atoms with Gasteiger partial charge in [-0.05, 0) is 50.9 Å². The number of nitrogens with two attached hydrogens (primary N) is 1. The summed E-state index contributed by atoms with van der Waals surface area (Å²) in [4.78, 5) is 82.2. The van der Waals surface area contributed by atoms with E-state index in [0.717, 1.165) is 0 Å². The highest BCUT2D eigenvalue weighted by atomic mass is 79.9. The van der Waals surface area contributed by atoms with Crippen molar-refractivity contribution in [3.63, 3.8) is 0 Å². The number of carbonyl (C=O) groups excluding carboxylic acids is 6. The number of carbonyl (C=O) groups is 6. The maximum atomic E-state index is 14.0. The van der Waals surface area contributed by atoms with Crippen LogP contribution in [-0.2, 0) is 30.4 Å². The van der Waals surface area contributed by atoms with E-state index < -0.39 is 70.1 Å². The zero-order valence-electron chi connectivity index (χ0n) is 22.7. The van der Waals surface area contributed by atoms with Gasteiger partial charge < -0.3 is 26.2 Å². The fraction of sp³-hybridized carbons (Fsp3) is 0.556. The zero-order valence-corrected chi connectivity index (χ0v) is 24.3. The van der Waals surface area contributed by atoms with Crippen LogP contribution in [0.15, 0.2) is 6.07 Å². The van der Waals surface area contributed by atoms with E-state index in [1.165, 1.54) is 19.0 Å². The minimum Gasteiger partial charge on any atom is -0.505 e. The smallest absolute Gasteiger partial charge is 0.235 e. The van der Waals surface area contributed by atoms with E-state index in [1.54, 1.807) is 25.1 Å². The molecule has 6 atom stereocenters. The average Bonchev–Trinajstić information content (AvgIpc) is 2.85. The molecule has 216 valence electrons. The lowest BCUT2D eigenvalue weighted by molar-refractivity contribution is -0.181. The quantitative estimate of drug-likeness (QED) is 0.184.